The zero-order valence-electron chi connectivity index (χ0n) is 7.73. The lowest BCUT2D eigenvalue weighted by Crippen LogP contribution is -1.89. The monoisotopic (exact) mass is 155 g/mol. The molecule has 1 nitrogen and oxygen atoms in total. The van der Waals surface area contributed by atoms with E-state index < -0.39 is 0 Å². The second kappa shape index (κ2) is 7.77. The minimum absolute atomic E-state index is 0.324. The van der Waals surface area contributed by atoms with Crippen molar-refractivity contribution in [1.82, 2.24) is 0 Å². The third-order valence-electron chi connectivity index (χ3n) is 1.73. The summed E-state index contributed by atoms with van der Waals surface area (Å²) < 4.78 is 0. The Morgan fingerprint density at radius 1 is 1.27 bits per heavy atom. The Morgan fingerprint density at radius 3 is 2.55 bits per heavy atom. The van der Waals surface area contributed by atoms with E-state index in [4.69, 9.17) is 0 Å². The summed E-state index contributed by atoms with van der Waals surface area (Å²) in [6, 6.07) is 0. The first-order chi connectivity index (χ1) is 5.27. The van der Waals surface area contributed by atoms with Crippen molar-refractivity contribution in [2.75, 3.05) is 0 Å². The Morgan fingerprint density at radius 2 is 2.00 bits per heavy atom. The van der Waals surface area contributed by atoms with E-state index in [2.05, 4.69) is 13.3 Å². The molecule has 0 aliphatic heterocycles. The molecule has 0 unspecified atom stereocenters. The van der Waals surface area contributed by atoms with Crippen molar-refractivity contribution in [1.29, 1.82) is 0 Å². The molecule has 0 atom stereocenters. The van der Waals surface area contributed by atoms with E-state index in [1.54, 1.807) is 6.92 Å². The zero-order valence-corrected chi connectivity index (χ0v) is 7.73. The van der Waals surface area contributed by atoms with Gasteiger partial charge in [-0.2, -0.15) is 0 Å². The molecule has 0 N–H and O–H groups in total. The molecule has 11 heavy (non-hydrogen) atoms. The predicted octanol–water partition coefficient (Wildman–Crippen LogP) is 3.14. The first-order valence-electron chi connectivity index (χ1n) is 4.58. The Hall–Kier alpha value is -0.330. The lowest BCUT2D eigenvalue weighted by Gasteiger charge is -1.97. The van der Waals surface area contributed by atoms with Gasteiger partial charge in [-0.05, 0) is 19.8 Å². The number of rotatable bonds is 7. The highest BCUT2D eigenvalue weighted by Gasteiger charge is 1.93. The molecule has 0 aromatic rings. The van der Waals surface area contributed by atoms with Crippen LogP contribution in [0.3, 0.4) is 0 Å². The van der Waals surface area contributed by atoms with Gasteiger partial charge < -0.3 is 4.79 Å². The van der Waals surface area contributed by atoms with Gasteiger partial charge in [-0.15, -0.1) is 0 Å². The van der Waals surface area contributed by atoms with Gasteiger partial charge in [0.15, 0.2) is 0 Å². The zero-order chi connectivity index (χ0) is 8.53. The van der Waals surface area contributed by atoms with Crippen LogP contribution in [0.1, 0.15) is 52.4 Å². The fourth-order valence-corrected chi connectivity index (χ4v) is 1.04. The Kier molecular flexibility index (Phi) is 7.54. The van der Waals surface area contributed by atoms with Crippen molar-refractivity contribution in [3.05, 3.63) is 6.42 Å². The summed E-state index contributed by atoms with van der Waals surface area (Å²) in [7, 11) is 0. The molecule has 0 aliphatic rings. The van der Waals surface area contributed by atoms with Crippen molar-refractivity contribution >= 4 is 5.78 Å². The summed E-state index contributed by atoms with van der Waals surface area (Å²) >= 11 is 0. The van der Waals surface area contributed by atoms with E-state index in [9.17, 15) is 4.79 Å². The molecule has 0 amide bonds. The average Bonchev–Trinajstić information content (AvgIpc) is 1.96. The van der Waals surface area contributed by atoms with Gasteiger partial charge in [-0.3, -0.25) is 0 Å². The van der Waals surface area contributed by atoms with Crippen molar-refractivity contribution in [2.45, 2.75) is 52.4 Å². The fourth-order valence-electron chi connectivity index (χ4n) is 1.04. The summed E-state index contributed by atoms with van der Waals surface area (Å²) in [4.78, 5) is 10.5. The van der Waals surface area contributed by atoms with Gasteiger partial charge in [-0.25, -0.2) is 0 Å². The van der Waals surface area contributed by atoms with Gasteiger partial charge in [0.2, 0.25) is 0 Å². The molecule has 0 heterocycles. The quantitative estimate of drug-likeness (QED) is 0.516. The van der Waals surface area contributed by atoms with Gasteiger partial charge >= 0.3 is 0 Å². The number of hydrogen-bond donors (Lipinski definition) is 0. The highest BCUT2D eigenvalue weighted by molar-refractivity contribution is 5.75. The van der Waals surface area contributed by atoms with Crippen LogP contribution in [-0.2, 0) is 4.79 Å². The summed E-state index contributed by atoms with van der Waals surface area (Å²) in [5.74, 6) is 0.324. The van der Waals surface area contributed by atoms with E-state index >= 15 is 0 Å². The topological polar surface area (TPSA) is 17.1 Å². The predicted molar refractivity (Wildman–Crippen MR) is 48.4 cm³/mol. The van der Waals surface area contributed by atoms with Crippen LogP contribution in [0.4, 0.5) is 0 Å². The molecule has 1 radical (unpaired) electrons. The first kappa shape index (κ1) is 10.7. The normalized spacial score (nSPS) is 10.0. The molecule has 0 spiro atoms. The maximum atomic E-state index is 10.5. The van der Waals surface area contributed by atoms with E-state index in [-0.39, 0.29) is 0 Å². The van der Waals surface area contributed by atoms with Crippen LogP contribution in [0.2, 0.25) is 0 Å². The third-order valence-corrected chi connectivity index (χ3v) is 1.73. The number of hydrogen-bond acceptors (Lipinski definition) is 1. The lowest BCUT2D eigenvalue weighted by molar-refractivity contribution is -0.117. The van der Waals surface area contributed by atoms with E-state index in [1.807, 2.05) is 0 Å². The van der Waals surface area contributed by atoms with Gasteiger partial charge in [0.1, 0.15) is 5.78 Å². The minimum atomic E-state index is 0.324. The maximum Gasteiger partial charge on any atom is 0.129 e. The van der Waals surface area contributed by atoms with Crippen LogP contribution in [0.25, 0.3) is 0 Å². The summed E-state index contributed by atoms with van der Waals surface area (Å²) in [5.41, 5.74) is 0. The van der Waals surface area contributed by atoms with Crippen molar-refractivity contribution in [2.24, 2.45) is 0 Å². The van der Waals surface area contributed by atoms with Crippen LogP contribution in [-0.4, -0.2) is 5.78 Å². The van der Waals surface area contributed by atoms with Crippen molar-refractivity contribution in [3.63, 3.8) is 0 Å². The molecular weight excluding hydrogens is 136 g/mol. The Balaban J connectivity index is 2.85. The largest absolute Gasteiger partial charge is 0.300 e. The summed E-state index contributed by atoms with van der Waals surface area (Å²) in [6.45, 7) is 3.83. The lowest BCUT2D eigenvalue weighted by atomic mass is 10.1. The van der Waals surface area contributed by atoms with Crippen LogP contribution in [0.15, 0.2) is 0 Å². The molecule has 0 aromatic carbocycles. The van der Waals surface area contributed by atoms with Gasteiger partial charge in [-0.1, -0.05) is 32.6 Å². The highest BCUT2D eigenvalue weighted by atomic mass is 16.1. The van der Waals surface area contributed by atoms with Crippen molar-refractivity contribution in [3.8, 4) is 0 Å². The molecule has 0 saturated carbocycles. The van der Waals surface area contributed by atoms with E-state index in [0.717, 1.165) is 12.8 Å². The van der Waals surface area contributed by atoms with Gasteiger partial charge in [0, 0.05) is 6.42 Å². The van der Waals surface area contributed by atoms with E-state index in [0.29, 0.717) is 5.78 Å². The number of carbonyl (C=O) groups is 1. The van der Waals surface area contributed by atoms with Crippen LogP contribution in [0.5, 0.6) is 0 Å². The number of ketones is 1. The highest BCUT2D eigenvalue weighted by Crippen LogP contribution is 2.05. The molecule has 0 bridgehead atoms. The molecular formula is C10H19O. The molecule has 0 aliphatic carbocycles. The SMILES string of the molecule is CC[CH]CCCCCC(C)=O. The van der Waals surface area contributed by atoms with Gasteiger partial charge in [0.25, 0.3) is 0 Å². The maximum absolute atomic E-state index is 10.5. The average molecular weight is 155 g/mol. The first-order valence-corrected chi connectivity index (χ1v) is 4.58. The molecule has 65 valence electrons. The smallest absolute Gasteiger partial charge is 0.129 e. The molecule has 1 heteroatoms. The van der Waals surface area contributed by atoms with Gasteiger partial charge in [0.05, 0.1) is 0 Å². The van der Waals surface area contributed by atoms with Crippen LogP contribution >= 0.6 is 0 Å². The number of unbranched alkanes of at least 4 members (excludes halogenated alkanes) is 5. The minimum Gasteiger partial charge on any atom is -0.300 e. The fraction of sp³-hybridized carbons (Fsp3) is 0.800. The Labute approximate surface area is 70.2 Å². The second-order valence-corrected chi connectivity index (χ2v) is 3.00. The third kappa shape index (κ3) is 9.67. The number of carbonyl (C=O) groups excluding carboxylic acids is 1. The number of Topliss-reactive ketones (excluding diaryl/α,β-unsaturated/α-hetero) is 1. The van der Waals surface area contributed by atoms with Crippen molar-refractivity contribution < 1.29 is 4.79 Å². The summed E-state index contributed by atoms with van der Waals surface area (Å²) in [6.07, 6.45) is 8.99. The second-order valence-electron chi connectivity index (χ2n) is 3.00. The molecule has 0 saturated heterocycles. The Bertz CT molecular complexity index is 97.0. The van der Waals surface area contributed by atoms with Crippen LogP contribution < -0.4 is 0 Å². The van der Waals surface area contributed by atoms with E-state index in [1.165, 1.54) is 25.7 Å². The molecule has 0 aromatic heterocycles. The standard InChI is InChI=1S/C10H19O/c1-3-4-5-6-7-8-9-10(2)11/h4H,3,5-9H2,1-2H3. The molecule has 0 fully saturated rings. The summed E-state index contributed by atoms with van der Waals surface area (Å²) in [5, 5.41) is 0. The molecule has 0 rings (SSSR count). The van der Waals surface area contributed by atoms with Crippen LogP contribution in [0, 0.1) is 6.42 Å².